The zero-order valence-electron chi connectivity index (χ0n) is 6.42. The van der Waals surface area contributed by atoms with Gasteiger partial charge in [-0.3, -0.25) is 0 Å². The van der Waals surface area contributed by atoms with Crippen LogP contribution in [0.3, 0.4) is 0 Å². The monoisotopic (exact) mass is 175 g/mol. The van der Waals surface area contributed by atoms with E-state index in [4.69, 9.17) is 20.4 Å². The summed E-state index contributed by atoms with van der Waals surface area (Å²) < 4.78 is 4.18. The highest BCUT2D eigenvalue weighted by Crippen LogP contribution is 1.66. The summed E-state index contributed by atoms with van der Waals surface area (Å²) in [5.74, 6) is 0. The normalized spacial score (nSPS) is 5.08. The van der Waals surface area contributed by atoms with E-state index in [9.17, 15) is 4.79 Å². The van der Waals surface area contributed by atoms with Crippen LogP contribution in [-0.4, -0.2) is 24.9 Å². The molecule has 12 heavy (non-hydrogen) atoms. The molecule has 0 aromatic rings. The Kier molecular flexibility index (Phi) is 31.7. The highest BCUT2D eigenvalue weighted by molar-refractivity contribution is 5.64. The number of primary amides is 1. The van der Waals surface area contributed by atoms with Gasteiger partial charge in [0.15, 0.2) is 0 Å². The molecule has 0 bridgehead atoms. The van der Waals surface area contributed by atoms with Gasteiger partial charge in [0, 0.05) is 0 Å². The second-order valence-corrected chi connectivity index (χ2v) is 0.956. The van der Waals surface area contributed by atoms with Gasteiger partial charge in [-0.1, -0.05) is 0 Å². The van der Waals surface area contributed by atoms with E-state index in [2.05, 4.69) is 10.5 Å². The Morgan fingerprint density at radius 2 is 1.67 bits per heavy atom. The zero-order valence-corrected chi connectivity index (χ0v) is 6.42. The van der Waals surface area contributed by atoms with Gasteiger partial charge >= 0.3 is 6.09 Å². The molecule has 0 heterocycles. The van der Waals surface area contributed by atoms with Gasteiger partial charge < -0.3 is 10.5 Å². The molecule has 0 aromatic carbocycles. The topological polar surface area (TPSA) is 134 Å². The predicted octanol–water partition coefficient (Wildman–Crippen LogP) is -0.0965. The van der Waals surface area contributed by atoms with E-state index in [1.54, 1.807) is 6.92 Å². The third-order valence-electron chi connectivity index (χ3n) is 0.287. The molecule has 0 rings (SSSR count). The van der Waals surface area contributed by atoms with Gasteiger partial charge in [0.1, 0.15) is 0 Å². The van der Waals surface area contributed by atoms with Crippen LogP contribution in [0.1, 0.15) is 6.92 Å². The first-order valence-electron chi connectivity index (χ1n) is 2.60. The van der Waals surface area contributed by atoms with Crippen LogP contribution in [0.2, 0.25) is 0 Å². The molecule has 0 aliphatic rings. The molecule has 7 heteroatoms. The number of hydrogen-bond acceptors (Lipinski definition) is 6. The molecule has 0 radical (unpaired) electrons. The van der Waals surface area contributed by atoms with Gasteiger partial charge in [0.25, 0.3) is 0 Å². The molecule has 0 aromatic heterocycles. The van der Waals surface area contributed by atoms with Gasteiger partial charge in [0.2, 0.25) is 12.2 Å². The number of carbonyl (C=O) groups is 1. The molecule has 0 atom stereocenters. The maximum absolute atomic E-state index is 9.60. The van der Waals surface area contributed by atoms with Crippen molar-refractivity contribution in [2.45, 2.75) is 6.92 Å². The number of nitrogens with one attached hydrogen (secondary N) is 2. The molecule has 68 valence electrons. The minimum atomic E-state index is -0.711. The number of ether oxygens (including phenoxy) is 1. The second kappa shape index (κ2) is 23.0. The molecule has 0 saturated carbocycles. The highest BCUT2D eigenvalue weighted by atomic mass is 16.5. The molecule has 0 fully saturated rings. The average molecular weight is 175 g/mol. The van der Waals surface area contributed by atoms with Gasteiger partial charge in [-0.05, 0) is 6.92 Å². The Balaban J connectivity index is -0.000000115. The lowest BCUT2D eigenvalue weighted by Crippen LogP contribution is -2.11. The number of rotatable bonds is 1. The molecular weight excluding hydrogens is 166 g/mol. The van der Waals surface area contributed by atoms with Gasteiger partial charge in [-0.25, -0.2) is 25.2 Å². The molecular formula is C5H9N3O4. The maximum atomic E-state index is 9.60. The van der Waals surface area contributed by atoms with Crippen LogP contribution in [0, 0.1) is 10.8 Å². The maximum Gasteiger partial charge on any atom is 0.404 e. The molecule has 0 aliphatic carbocycles. The summed E-state index contributed by atoms with van der Waals surface area (Å²) in [6.45, 7) is 2.06. The standard InChI is InChI=1S/C3H7NO2.2CHNO/c1-2-6-3(4)5;2*2-1-3/h2H2,1H3,(H2,4,5);2*2H. The van der Waals surface area contributed by atoms with Crippen molar-refractivity contribution in [1.82, 2.24) is 0 Å². The first kappa shape index (κ1) is 16.5. The van der Waals surface area contributed by atoms with Crippen LogP contribution >= 0.6 is 0 Å². The third-order valence-corrected chi connectivity index (χ3v) is 0.287. The van der Waals surface area contributed by atoms with Crippen molar-refractivity contribution in [1.29, 1.82) is 10.8 Å². The Morgan fingerprint density at radius 3 is 1.67 bits per heavy atom. The molecule has 0 unspecified atom stereocenters. The minimum Gasteiger partial charge on any atom is -0.450 e. The summed E-state index contributed by atoms with van der Waals surface area (Å²) in [6.07, 6.45) is 0.789. The van der Waals surface area contributed by atoms with E-state index < -0.39 is 6.09 Å². The Morgan fingerprint density at radius 1 is 1.42 bits per heavy atom. The number of nitrogens with two attached hydrogens (primary N) is 1. The fourth-order valence-corrected chi connectivity index (χ4v) is 0.142. The Bertz CT molecular complexity index is 156. The van der Waals surface area contributed by atoms with Crippen LogP contribution in [-0.2, 0) is 14.3 Å². The van der Waals surface area contributed by atoms with Crippen LogP contribution < -0.4 is 5.73 Å². The summed E-state index contributed by atoms with van der Waals surface area (Å²) in [5, 5.41) is 10.8. The lowest BCUT2D eigenvalue weighted by atomic mass is 10.9. The van der Waals surface area contributed by atoms with Crippen molar-refractivity contribution in [2.75, 3.05) is 6.61 Å². The molecule has 7 nitrogen and oxygen atoms in total. The molecule has 0 aliphatic heterocycles. The fraction of sp³-hybridized carbons (Fsp3) is 0.400. The van der Waals surface area contributed by atoms with Gasteiger partial charge in [0.05, 0.1) is 6.61 Å². The summed E-state index contributed by atoms with van der Waals surface area (Å²) in [7, 11) is 0. The molecule has 4 N–H and O–H groups in total. The van der Waals surface area contributed by atoms with E-state index in [1.807, 2.05) is 0 Å². The van der Waals surface area contributed by atoms with Crippen molar-refractivity contribution >= 4 is 18.3 Å². The van der Waals surface area contributed by atoms with Crippen LogP contribution in [0.4, 0.5) is 4.79 Å². The van der Waals surface area contributed by atoms with E-state index in [1.165, 1.54) is 0 Å². The Hall–Kier alpha value is -1.97. The van der Waals surface area contributed by atoms with Crippen molar-refractivity contribution in [3.8, 4) is 0 Å². The van der Waals surface area contributed by atoms with Crippen LogP contribution in [0.25, 0.3) is 0 Å². The summed E-state index contributed by atoms with van der Waals surface area (Å²) in [5.41, 5.74) is 4.54. The SMILES string of the molecule is CCOC(N)=O.N=C=O.N=C=O. The van der Waals surface area contributed by atoms with Gasteiger partial charge in [-0.2, -0.15) is 0 Å². The number of isocyanates is 2. The van der Waals surface area contributed by atoms with E-state index in [0.29, 0.717) is 6.61 Å². The third kappa shape index (κ3) is 374. The smallest absolute Gasteiger partial charge is 0.404 e. The lowest BCUT2D eigenvalue weighted by Gasteiger charge is -1.89. The summed E-state index contributed by atoms with van der Waals surface area (Å²) in [4.78, 5) is 26.3. The first-order valence-corrected chi connectivity index (χ1v) is 2.60. The van der Waals surface area contributed by atoms with Crippen molar-refractivity contribution in [3.05, 3.63) is 0 Å². The van der Waals surface area contributed by atoms with E-state index >= 15 is 0 Å². The highest BCUT2D eigenvalue weighted by Gasteiger charge is 1.82. The molecule has 1 amide bonds. The lowest BCUT2D eigenvalue weighted by molar-refractivity contribution is 0.163. The number of hydrogen-bond donors (Lipinski definition) is 3. The van der Waals surface area contributed by atoms with E-state index in [-0.39, 0.29) is 0 Å². The van der Waals surface area contributed by atoms with E-state index in [0.717, 1.165) is 12.2 Å². The largest absolute Gasteiger partial charge is 0.450 e. The van der Waals surface area contributed by atoms with Gasteiger partial charge in [-0.15, -0.1) is 0 Å². The van der Waals surface area contributed by atoms with Crippen molar-refractivity contribution in [2.24, 2.45) is 5.73 Å². The number of carbonyl (C=O) groups excluding carboxylic acids is 3. The zero-order chi connectivity index (χ0) is 10.4. The van der Waals surface area contributed by atoms with Crippen molar-refractivity contribution in [3.63, 3.8) is 0 Å². The summed E-state index contributed by atoms with van der Waals surface area (Å²) in [6, 6.07) is 0. The quantitative estimate of drug-likeness (QED) is 0.379. The fourth-order valence-electron chi connectivity index (χ4n) is 0.142. The predicted molar refractivity (Wildman–Crippen MR) is 38.0 cm³/mol. The first-order chi connectivity index (χ1) is 5.60. The van der Waals surface area contributed by atoms with Crippen molar-refractivity contribution < 1.29 is 19.1 Å². The number of amides is 1. The minimum absolute atomic E-state index is 0.356. The Labute approximate surface area is 68.5 Å². The van der Waals surface area contributed by atoms with Crippen LogP contribution in [0.5, 0.6) is 0 Å². The molecule has 0 spiro atoms. The molecule has 0 saturated heterocycles. The second-order valence-electron chi connectivity index (χ2n) is 0.956. The van der Waals surface area contributed by atoms with Crippen LogP contribution in [0.15, 0.2) is 0 Å². The summed E-state index contributed by atoms with van der Waals surface area (Å²) >= 11 is 0. The average Bonchev–Trinajstić information content (AvgIpc) is 1.89.